The lowest BCUT2D eigenvalue weighted by Gasteiger charge is -2.27. The van der Waals surface area contributed by atoms with Crippen LogP contribution in [0.3, 0.4) is 0 Å². The highest BCUT2D eigenvalue weighted by Gasteiger charge is 2.12. The second kappa shape index (κ2) is 12.2. The van der Waals surface area contributed by atoms with Crippen molar-refractivity contribution < 1.29 is 4.74 Å². The minimum atomic E-state index is 0. The lowest BCUT2D eigenvalue weighted by atomic mass is 10.1. The summed E-state index contributed by atoms with van der Waals surface area (Å²) in [6.45, 7) is 10.8. The molecule has 0 amide bonds. The normalized spacial score (nSPS) is 14.9. The van der Waals surface area contributed by atoms with Crippen LogP contribution in [0.1, 0.15) is 29.4 Å². The first kappa shape index (κ1) is 24.5. The maximum Gasteiger partial charge on any atom is 0.191 e. The summed E-state index contributed by atoms with van der Waals surface area (Å²) < 4.78 is 7.59. The van der Waals surface area contributed by atoms with Gasteiger partial charge < -0.3 is 19.8 Å². The van der Waals surface area contributed by atoms with Crippen molar-refractivity contribution in [2.75, 3.05) is 32.8 Å². The van der Waals surface area contributed by atoms with E-state index < -0.39 is 0 Å². The van der Waals surface area contributed by atoms with Gasteiger partial charge in [-0.15, -0.1) is 24.0 Å². The molecule has 3 heterocycles. The molecule has 0 spiro atoms. The van der Waals surface area contributed by atoms with Crippen LogP contribution in [-0.2, 0) is 24.4 Å². The third-order valence-corrected chi connectivity index (χ3v) is 5.55. The summed E-state index contributed by atoms with van der Waals surface area (Å²) in [5, 5.41) is 6.77. The molecule has 0 radical (unpaired) electrons. The number of aliphatic imine (C=N–C) groups is 1. The number of halogens is 1. The molecule has 0 bridgehead atoms. The quantitative estimate of drug-likeness (QED) is 0.270. The monoisotopic (exact) mass is 548 g/mol. The molecule has 172 valence electrons. The van der Waals surface area contributed by atoms with E-state index in [1.807, 2.05) is 12.1 Å². The number of rotatable bonds is 7. The molecule has 8 heteroatoms. The van der Waals surface area contributed by atoms with Crippen molar-refractivity contribution >= 4 is 35.6 Å². The molecular formula is C24H33IN6O. The maximum absolute atomic E-state index is 5.48. The summed E-state index contributed by atoms with van der Waals surface area (Å²) in [5.74, 6) is 0.803. The van der Waals surface area contributed by atoms with Gasteiger partial charge in [0, 0.05) is 38.1 Å². The largest absolute Gasteiger partial charge is 0.379 e. The van der Waals surface area contributed by atoms with Gasteiger partial charge in [0.05, 0.1) is 32.0 Å². The lowest BCUT2D eigenvalue weighted by molar-refractivity contribution is 0.0341. The van der Waals surface area contributed by atoms with E-state index >= 15 is 0 Å². The van der Waals surface area contributed by atoms with E-state index in [9.17, 15) is 0 Å². The van der Waals surface area contributed by atoms with Gasteiger partial charge in [-0.05, 0) is 37.1 Å². The second-order valence-corrected chi connectivity index (χ2v) is 7.83. The van der Waals surface area contributed by atoms with Gasteiger partial charge in [0.1, 0.15) is 5.65 Å². The van der Waals surface area contributed by atoms with Crippen LogP contribution < -0.4 is 10.6 Å². The number of nitrogens with zero attached hydrogens (tertiary/aromatic N) is 4. The van der Waals surface area contributed by atoms with Gasteiger partial charge in [-0.2, -0.15) is 0 Å². The number of aromatic nitrogens is 2. The molecular weight excluding hydrogens is 515 g/mol. The number of fused-ring (bicyclic) bond motifs is 1. The highest BCUT2D eigenvalue weighted by atomic mass is 127. The SMILES string of the molecule is CCNC(=NCc1ccccc1CN1CCOCC1)NCc1cn2c(C)cccc2n1.I. The summed E-state index contributed by atoms with van der Waals surface area (Å²) in [6, 6.07) is 14.7. The van der Waals surface area contributed by atoms with Crippen LogP contribution in [0.2, 0.25) is 0 Å². The summed E-state index contributed by atoms with van der Waals surface area (Å²) in [5.41, 5.74) is 5.73. The fourth-order valence-electron chi connectivity index (χ4n) is 3.83. The average Bonchev–Trinajstić information content (AvgIpc) is 3.22. The first-order valence-electron chi connectivity index (χ1n) is 11.1. The van der Waals surface area contributed by atoms with Gasteiger partial charge in [-0.1, -0.05) is 30.3 Å². The van der Waals surface area contributed by atoms with E-state index in [0.717, 1.165) is 56.7 Å². The van der Waals surface area contributed by atoms with Gasteiger partial charge in [0.15, 0.2) is 5.96 Å². The summed E-state index contributed by atoms with van der Waals surface area (Å²) in [6.07, 6.45) is 2.08. The number of nitrogens with one attached hydrogen (secondary N) is 2. The molecule has 1 aliphatic heterocycles. The Morgan fingerprint density at radius 2 is 1.84 bits per heavy atom. The fraction of sp³-hybridized carbons (Fsp3) is 0.417. The van der Waals surface area contributed by atoms with Crippen LogP contribution in [-0.4, -0.2) is 53.1 Å². The molecule has 0 unspecified atom stereocenters. The van der Waals surface area contributed by atoms with Crippen molar-refractivity contribution in [3.63, 3.8) is 0 Å². The molecule has 0 aliphatic carbocycles. The van der Waals surface area contributed by atoms with Crippen molar-refractivity contribution in [1.82, 2.24) is 24.9 Å². The van der Waals surface area contributed by atoms with Crippen LogP contribution in [0.5, 0.6) is 0 Å². The Balaban J connectivity index is 0.00000289. The molecule has 0 saturated carbocycles. The first-order valence-corrected chi connectivity index (χ1v) is 11.1. The molecule has 1 aromatic carbocycles. The maximum atomic E-state index is 5.48. The van der Waals surface area contributed by atoms with Crippen LogP contribution >= 0.6 is 24.0 Å². The molecule has 7 nitrogen and oxygen atoms in total. The lowest BCUT2D eigenvalue weighted by Crippen LogP contribution is -2.37. The number of ether oxygens (including phenoxy) is 1. The zero-order chi connectivity index (χ0) is 21.5. The number of pyridine rings is 1. The molecule has 0 atom stereocenters. The molecule has 1 saturated heterocycles. The Morgan fingerprint density at radius 1 is 1.06 bits per heavy atom. The Labute approximate surface area is 207 Å². The molecule has 2 aromatic heterocycles. The summed E-state index contributed by atoms with van der Waals surface area (Å²) in [4.78, 5) is 12.0. The summed E-state index contributed by atoms with van der Waals surface area (Å²) in [7, 11) is 0. The number of morpholine rings is 1. The predicted octanol–water partition coefficient (Wildman–Crippen LogP) is 3.35. The van der Waals surface area contributed by atoms with E-state index in [4.69, 9.17) is 14.7 Å². The number of hydrogen-bond acceptors (Lipinski definition) is 4. The molecule has 1 aliphatic rings. The Hall–Kier alpha value is -2.17. The first-order chi connectivity index (χ1) is 15.2. The Kier molecular flexibility index (Phi) is 9.31. The second-order valence-electron chi connectivity index (χ2n) is 7.83. The van der Waals surface area contributed by atoms with Crippen molar-refractivity contribution in [2.45, 2.75) is 33.5 Å². The van der Waals surface area contributed by atoms with Gasteiger partial charge in [-0.3, -0.25) is 4.90 Å². The van der Waals surface area contributed by atoms with Crippen molar-refractivity contribution in [2.24, 2.45) is 4.99 Å². The molecule has 2 N–H and O–H groups in total. The standard InChI is InChI=1S/C24H32N6O.HI/c1-3-25-24(27-16-22-18-30-19(2)7-6-10-23(30)28-22)26-15-20-8-4-5-9-21(20)17-29-11-13-31-14-12-29;/h4-10,18H,3,11-17H2,1-2H3,(H2,25,26,27);1H. The number of hydrogen-bond donors (Lipinski definition) is 2. The zero-order valence-corrected chi connectivity index (χ0v) is 21.2. The average molecular weight is 548 g/mol. The Bertz CT molecular complexity index is 1030. The van der Waals surface area contributed by atoms with Crippen molar-refractivity contribution in [1.29, 1.82) is 0 Å². The molecule has 1 fully saturated rings. The fourth-order valence-corrected chi connectivity index (χ4v) is 3.83. The van der Waals surface area contributed by atoms with Gasteiger partial charge in [-0.25, -0.2) is 9.98 Å². The third-order valence-electron chi connectivity index (χ3n) is 5.55. The molecule has 3 aromatic rings. The number of guanidine groups is 1. The molecule has 32 heavy (non-hydrogen) atoms. The highest BCUT2D eigenvalue weighted by Crippen LogP contribution is 2.14. The minimum Gasteiger partial charge on any atom is -0.379 e. The molecule has 4 rings (SSSR count). The number of imidazole rings is 1. The Morgan fingerprint density at radius 3 is 2.59 bits per heavy atom. The summed E-state index contributed by atoms with van der Waals surface area (Å²) >= 11 is 0. The minimum absolute atomic E-state index is 0. The van der Waals surface area contributed by atoms with Crippen LogP contribution in [0.15, 0.2) is 53.7 Å². The zero-order valence-electron chi connectivity index (χ0n) is 18.9. The van der Waals surface area contributed by atoms with E-state index in [0.29, 0.717) is 13.1 Å². The van der Waals surface area contributed by atoms with Crippen LogP contribution in [0.4, 0.5) is 0 Å². The van der Waals surface area contributed by atoms with E-state index in [1.54, 1.807) is 0 Å². The van der Waals surface area contributed by atoms with E-state index in [2.05, 4.69) is 70.3 Å². The van der Waals surface area contributed by atoms with Crippen molar-refractivity contribution in [3.05, 3.63) is 71.2 Å². The van der Waals surface area contributed by atoms with E-state index in [-0.39, 0.29) is 24.0 Å². The number of aryl methyl sites for hydroxylation is 1. The predicted molar refractivity (Wildman–Crippen MR) is 140 cm³/mol. The highest BCUT2D eigenvalue weighted by molar-refractivity contribution is 14.0. The third kappa shape index (κ3) is 6.43. The van der Waals surface area contributed by atoms with Gasteiger partial charge >= 0.3 is 0 Å². The van der Waals surface area contributed by atoms with Crippen LogP contribution in [0, 0.1) is 6.92 Å². The number of benzene rings is 1. The van der Waals surface area contributed by atoms with Crippen molar-refractivity contribution in [3.8, 4) is 0 Å². The van der Waals surface area contributed by atoms with Gasteiger partial charge in [0.2, 0.25) is 0 Å². The topological polar surface area (TPSA) is 66.2 Å². The smallest absolute Gasteiger partial charge is 0.191 e. The van der Waals surface area contributed by atoms with Gasteiger partial charge in [0.25, 0.3) is 0 Å². The van der Waals surface area contributed by atoms with E-state index in [1.165, 1.54) is 16.8 Å². The van der Waals surface area contributed by atoms with Crippen LogP contribution in [0.25, 0.3) is 5.65 Å².